The molecule has 9 nitrogen and oxygen atoms in total. The Bertz CT molecular complexity index is 1050. The molecule has 0 atom stereocenters. The van der Waals surface area contributed by atoms with Crippen molar-refractivity contribution in [3.05, 3.63) is 53.7 Å². The first kappa shape index (κ1) is 19.7. The van der Waals surface area contributed by atoms with E-state index in [1.165, 1.54) is 31.5 Å². The number of aromatic nitrogens is 2. The highest BCUT2D eigenvalue weighted by molar-refractivity contribution is 5.96. The molecule has 0 spiro atoms. The molecule has 1 amide bonds. The number of hydrogen-bond acceptors (Lipinski definition) is 7. The number of nitrogens with one attached hydrogen (secondary N) is 2. The number of amides is 1. The largest absolute Gasteiger partial charge is 0.504 e. The molecule has 0 saturated carbocycles. The zero-order chi connectivity index (χ0) is 20.8. The first-order valence-corrected chi connectivity index (χ1v) is 8.53. The van der Waals surface area contributed by atoms with Gasteiger partial charge in [0, 0.05) is 16.7 Å². The second-order valence-electron chi connectivity index (χ2n) is 5.86. The van der Waals surface area contributed by atoms with Crippen molar-refractivity contribution in [2.24, 2.45) is 5.10 Å². The molecule has 0 bridgehead atoms. The summed E-state index contributed by atoms with van der Waals surface area (Å²) in [5.74, 6) is 0.896. The van der Waals surface area contributed by atoms with E-state index < -0.39 is 5.91 Å². The predicted octanol–water partition coefficient (Wildman–Crippen LogP) is 2.57. The summed E-state index contributed by atoms with van der Waals surface area (Å²) in [5.41, 5.74) is 4.92. The average Bonchev–Trinajstić information content (AvgIpc) is 3.21. The van der Waals surface area contributed by atoms with Gasteiger partial charge in [0.05, 0.1) is 39.4 Å². The van der Waals surface area contributed by atoms with Crippen molar-refractivity contribution in [2.45, 2.75) is 0 Å². The van der Waals surface area contributed by atoms with E-state index in [9.17, 15) is 9.90 Å². The van der Waals surface area contributed by atoms with Crippen LogP contribution in [0.25, 0.3) is 11.3 Å². The number of phenols is 1. The van der Waals surface area contributed by atoms with Crippen LogP contribution in [-0.2, 0) is 0 Å². The Kier molecular flexibility index (Phi) is 5.98. The van der Waals surface area contributed by atoms with Gasteiger partial charge in [0.1, 0.15) is 0 Å². The summed E-state index contributed by atoms with van der Waals surface area (Å²) >= 11 is 0. The van der Waals surface area contributed by atoms with Gasteiger partial charge in [-0.3, -0.25) is 9.89 Å². The lowest BCUT2D eigenvalue weighted by atomic mass is 10.1. The number of aromatic amines is 1. The summed E-state index contributed by atoms with van der Waals surface area (Å²) in [6, 6.07) is 9.72. The molecule has 0 aliphatic carbocycles. The van der Waals surface area contributed by atoms with Gasteiger partial charge in [0.2, 0.25) is 0 Å². The second-order valence-corrected chi connectivity index (χ2v) is 5.86. The number of phenolic OH excluding ortho intramolecular Hbond substituents is 1. The fourth-order valence-corrected chi connectivity index (χ4v) is 2.66. The molecule has 150 valence electrons. The molecular weight excluding hydrogens is 376 g/mol. The third kappa shape index (κ3) is 4.29. The molecule has 0 aliphatic rings. The number of nitrogens with zero attached hydrogens (tertiary/aromatic N) is 2. The molecule has 3 rings (SSSR count). The van der Waals surface area contributed by atoms with Gasteiger partial charge in [-0.15, -0.1) is 0 Å². The fraction of sp³-hybridized carbons (Fsp3) is 0.150. The average molecular weight is 396 g/mol. The molecule has 3 N–H and O–H groups in total. The number of hydrogen-bond donors (Lipinski definition) is 3. The number of hydrazone groups is 1. The van der Waals surface area contributed by atoms with Crippen LogP contribution in [0.2, 0.25) is 0 Å². The summed E-state index contributed by atoms with van der Waals surface area (Å²) in [5, 5.41) is 20.5. The van der Waals surface area contributed by atoms with Crippen LogP contribution < -0.4 is 19.6 Å². The Hall–Kier alpha value is -4.01. The summed E-state index contributed by atoms with van der Waals surface area (Å²) in [6.45, 7) is 0. The van der Waals surface area contributed by atoms with E-state index >= 15 is 0 Å². The van der Waals surface area contributed by atoms with Crippen LogP contribution >= 0.6 is 0 Å². The first-order chi connectivity index (χ1) is 14.1. The molecule has 0 radical (unpaired) electrons. The normalized spacial score (nSPS) is 10.7. The summed E-state index contributed by atoms with van der Waals surface area (Å²) < 4.78 is 15.6. The second kappa shape index (κ2) is 8.79. The molecule has 0 fully saturated rings. The van der Waals surface area contributed by atoms with Gasteiger partial charge in [-0.05, 0) is 36.4 Å². The molecule has 0 saturated heterocycles. The van der Waals surface area contributed by atoms with Crippen LogP contribution in [-0.4, -0.2) is 48.8 Å². The third-order valence-electron chi connectivity index (χ3n) is 4.15. The first-order valence-electron chi connectivity index (χ1n) is 8.53. The maximum atomic E-state index is 12.2. The fourth-order valence-electron chi connectivity index (χ4n) is 2.66. The lowest BCUT2D eigenvalue weighted by Crippen LogP contribution is -2.17. The van der Waals surface area contributed by atoms with Crippen molar-refractivity contribution >= 4 is 12.1 Å². The molecule has 2 aromatic carbocycles. The molecule has 1 heterocycles. The highest BCUT2D eigenvalue weighted by Gasteiger charge is 2.12. The molecule has 0 aliphatic heterocycles. The van der Waals surface area contributed by atoms with Gasteiger partial charge in [-0.25, -0.2) is 5.43 Å². The van der Waals surface area contributed by atoms with E-state index in [0.29, 0.717) is 28.3 Å². The van der Waals surface area contributed by atoms with E-state index in [1.54, 1.807) is 26.5 Å². The molecular formula is C20H20N4O5. The smallest absolute Gasteiger partial charge is 0.271 e. The van der Waals surface area contributed by atoms with Gasteiger partial charge < -0.3 is 19.3 Å². The van der Waals surface area contributed by atoms with Crippen LogP contribution in [0.3, 0.4) is 0 Å². The van der Waals surface area contributed by atoms with Crippen LogP contribution in [0.5, 0.6) is 23.0 Å². The van der Waals surface area contributed by atoms with Gasteiger partial charge >= 0.3 is 0 Å². The van der Waals surface area contributed by atoms with Gasteiger partial charge in [0.25, 0.3) is 5.91 Å². The number of aromatic hydroxyl groups is 1. The SMILES string of the molecule is COc1cc(C(=O)N/N=C/c2cn[nH]c2-c2ccc(OC)c(OC)c2)ccc1O. The predicted molar refractivity (Wildman–Crippen MR) is 107 cm³/mol. The molecule has 0 unspecified atom stereocenters. The van der Waals surface area contributed by atoms with Gasteiger partial charge in [-0.2, -0.15) is 10.2 Å². The Morgan fingerprint density at radius 3 is 2.55 bits per heavy atom. The van der Waals surface area contributed by atoms with E-state index in [-0.39, 0.29) is 11.5 Å². The molecule has 9 heteroatoms. The van der Waals surface area contributed by atoms with Gasteiger partial charge in [0.15, 0.2) is 23.0 Å². The molecule has 3 aromatic rings. The number of carbonyl (C=O) groups is 1. The van der Waals surface area contributed by atoms with Gasteiger partial charge in [-0.1, -0.05) is 0 Å². The zero-order valence-electron chi connectivity index (χ0n) is 16.1. The lowest BCUT2D eigenvalue weighted by Gasteiger charge is -2.09. The number of rotatable bonds is 7. The number of methoxy groups -OCH3 is 3. The Balaban J connectivity index is 1.76. The summed E-state index contributed by atoms with van der Waals surface area (Å²) in [7, 11) is 4.53. The van der Waals surface area contributed by atoms with E-state index in [1.807, 2.05) is 12.1 Å². The minimum Gasteiger partial charge on any atom is -0.504 e. The Labute approximate surface area is 166 Å². The van der Waals surface area contributed by atoms with Crippen molar-refractivity contribution in [2.75, 3.05) is 21.3 Å². The highest BCUT2D eigenvalue weighted by atomic mass is 16.5. The van der Waals surface area contributed by atoms with E-state index in [0.717, 1.165) is 5.56 Å². The number of ether oxygens (including phenoxy) is 3. The minimum absolute atomic E-state index is 0.0505. The summed E-state index contributed by atoms with van der Waals surface area (Å²) in [4.78, 5) is 12.2. The Morgan fingerprint density at radius 2 is 1.83 bits per heavy atom. The van der Waals surface area contributed by atoms with Crippen molar-refractivity contribution < 1.29 is 24.1 Å². The lowest BCUT2D eigenvalue weighted by molar-refractivity contribution is 0.0954. The number of benzene rings is 2. The standard InChI is InChI=1S/C20H20N4O5/c1-27-16-7-5-12(8-18(16)29-3)19-14(10-21-23-19)11-22-24-20(26)13-4-6-15(25)17(9-13)28-2/h4-11,25H,1-3H3,(H,21,23)(H,24,26)/b22-11+. The molecule has 1 aromatic heterocycles. The highest BCUT2D eigenvalue weighted by Crippen LogP contribution is 2.32. The third-order valence-corrected chi connectivity index (χ3v) is 4.15. The van der Waals surface area contributed by atoms with E-state index in [2.05, 4.69) is 20.7 Å². The maximum Gasteiger partial charge on any atom is 0.271 e. The topological polar surface area (TPSA) is 118 Å². The van der Waals surface area contributed by atoms with Crippen molar-refractivity contribution in [3.63, 3.8) is 0 Å². The maximum absolute atomic E-state index is 12.2. The Morgan fingerprint density at radius 1 is 1.07 bits per heavy atom. The van der Waals surface area contributed by atoms with Crippen LogP contribution in [0.4, 0.5) is 0 Å². The van der Waals surface area contributed by atoms with Crippen LogP contribution in [0.1, 0.15) is 15.9 Å². The van der Waals surface area contributed by atoms with E-state index in [4.69, 9.17) is 14.2 Å². The van der Waals surface area contributed by atoms with Crippen LogP contribution in [0, 0.1) is 0 Å². The molecule has 29 heavy (non-hydrogen) atoms. The minimum atomic E-state index is -0.448. The van der Waals surface area contributed by atoms with Crippen molar-refractivity contribution in [3.8, 4) is 34.3 Å². The monoisotopic (exact) mass is 396 g/mol. The quantitative estimate of drug-likeness (QED) is 0.417. The zero-order valence-corrected chi connectivity index (χ0v) is 16.1. The van der Waals surface area contributed by atoms with Crippen LogP contribution in [0.15, 0.2) is 47.7 Å². The summed E-state index contributed by atoms with van der Waals surface area (Å²) in [6.07, 6.45) is 3.07. The number of H-pyrrole nitrogens is 1. The van der Waals surface area contributed by atoms with Crippen molar-refractivity contribution in [1.82, 2.24) is 15.6 Å². The van der Waals surface area contributed by atoms with Crippen molar-refractivity contribution in [1.29, 1.82) is 0 Å². The number of carbonyl (C=O) groups excluding carboxylic acids is 1.